The van der Waals surface area contributed by atoms with Gasteiger partial charge < -0.3 is 14.7 Å². The first-order valence-electron chi connectivity index (χ1n) is 6.98. The number of hydrogen-bond acceptors (Lipinski definition) is 3. The molecule has 0 fully saturated rings. The fourth-order valence-corrected chi connectivity index (χ4v) is 2.16. The zero-order valence-electron chi connectivity index (χ0n) is 13.0. The van der Waals surface area contributed by atoms with E-state index in [1.165, 1.54) is 0 Å². The van der Waals surface area contributed by atoms with Crippen molar-refractivity contribution in [3.05, 3.63) is 29.8 Å². The van der Waals surface area contributed by atoms with Crippen molar-refractivity contribution in [3.8, 4) is 5.75 Å². The minimum absolute atomic E-state index is 0.0434. The number of aliphatic carboxylic acids is 1. The molecule has 0 atom stereocenters. The lowest BCUT2D eigenvalue weighted by atomic mass is 9.83. The van der Waals surface area contributed by atoms with Gasteiger partial charge in [-0.3, -0.25) is 9.59 Å². The molecular weight excluding hydrogens is 270 g/mol. The molecule has 0 unspecified atom stereocenters. The third kappa shape index (κ3) is 4.21. The SMILES string of the molecule is CCN(CCC(=O)O)C(=O)C(C)(C)c1ccc(OC)cc1. The van der Waals surface area contributed by atoms with Crippen molar-refractivity contribution in [1.29, 1.82) is 0 Å². The molecule has 0 heterocycles. The summed E-state index contributed by atoms with van der Waals surface area (Å²) in [6, 6.07) is 7.36. The Morgan fingerprint density at radius 2 is 1.81 bits per heavy atom. The second kappa shape index (κ2) is 7.11. The fraction of sp³-hybridized carbons (Fsp3) is 0.500. The maximum absolute atomic E-state index is 12.7. The second-order valence-electron chi connectivity index (χ2n) is 5.38. The Labute approximate surface area is 125 Å². The van der Waals surface area contributed by atoms with Gasteiger partial charge in [0, 0.05) is 13.1 Å². The summed E-state index contributed by atoms with van der Waals surface area (Å²) in [4.78, 5) is 24.9. The van der Waals surface area contributed by atoms with Gasteiger partial charge in [-0.05, 0) is 38.5 Å². The van der Waals surface area contributed by atoms with Gasteiger partial charge in [0.15, 0.2) is 0 Å². The van der Waals surface area contributed by atoms with E-state index in [0.717, 1.165) is 11.3 Å². The first-order chi connectivity index (χ1) is 9.82. The van der Waals surface area contributed by atoms with Crippen LogP contribution in [0.25, 0.3) is 0 Å². The van der Waals surface area contributed by atoms with Crippen molar-refractivity contribution >= 4 is 11.9 Å². The second-order valence-corrected chi connectivity index (χ2v) is 5.38. The van der Waals surface area contributed by atoms with E-state index >= 15 is 0 Å². The Kier molecular flexibility index (Phi) is 5.76. The Balaban J connectivity index is 2.91. The lowest BCUT2D eigenvalue weighted by Crippen LogP contribution is -2.44. The Morgan fingerprint density at radius 1 is 1.24 bits per heavy atom. The number of carboxylic acids is 1. The van der Waals surface area contributed by atoms with Crippen molar-refractivity contribution < 1.29 is 19.4 Å². The van der Waals surface area contributed by atoms with Crippen LogP contribution in [0.15, 0.2) is 24.3 Å². The Morgan fingerprint density at radius 3 is 2.24 bits per heavy atom. The number of carbonyl (C=O) groups is 2. The van der Waals surface area contributed by atoms with Gasteiger partial charge in [0.25, 0.3) is 0 Å². The number of carboxylic acid groups (broad SMARTS) is 1. The molecular formula is C16H23NO4. The molecule has 21 heavy (non-hydrogen) atoms. The van der Waals surface area contributed by atoms with Crippen LogP contribution in [-0.2, 0) is 15.0 Å². The molecule has 5 heteroatoms. The van der Waals surface area contributed by atoms with Crippen LogP contribution in [0.3, 0.4) is 0 Å². The molecule has 0 bridgehead atoms. The van der Waals surface area contributed by atoms with Gasteiger partial charge in [0.1, 0.15) is 5.75 Å². The van der Waals surface area contributed by atoms with Crippen LogP contribution < -0.4 is 4.74 Å². The quantitative estimate of drug-likeness (QED) is 0.837. The molecule has 0 aliphatic rings. The molecule has 5 nitrogen and oxygen atoms in total. The van der Waals surface area contributed by atoms with Crippen molar-refractivity contribution in [1.82, 2.24) is 4.90 Å². The summed E-state index contributed by atoms with van der Waals surface area (Å²) in [5, 5.41) is 8.77. The molecule has 0 radical (unpaired) electrons. The maximum Gasteiger partial charge on any atom is 0.305 e. The van der Waals surface area contributed by atoms with E-state index in [-0.39, 0.29) is 18.9 Å². The Hall–Kier alpha value is -2.04. The number of ether oxygens (including phenoxy) is 1. The largest absolute Gasteiger partial charge is 0.497 e. The van der Waals surface area contributed by atoms with Crippen LogP contribution in [0.2, 0.25) is 0 Å². The number of carbonyl (C=O) groups excluding carboxylic acids is 1. The third-order valence-electron chi connectivity index (χ3n) is 3.61. The molecule has 1 aromatic rings. The topological polar surface area (TPSA) is 66.8 Å². The molecule has 1 N–H and O–H groups in total. The van der Waals surface area contributed by atoms with Crippen LogP contribution in [-0.4, -0.2) is 42.1 Å². The number of methoxy groups -OCH3 is 1. The first-order valence-corrected chi connectivity index (χ1v) is 6.98. The summed E-state index contributed by atoms with van der Waals surface area (Å²) in [5.74, 6) is -0.236. The average Bonchev–Trinajstić information content (AvgIpc) is 2.47. The molecule has 1 amide bonds. The van der Waals surface area contributed by atoms with E-state index in [0.29, 0.717) is 6.54 Å². The lowest BCUT2D eigenvalue weighted by molar-refractivity contribution is -0.140. The molecule has 0 spiro atoms. The number of nitrogens with zero attached hydrogens (tertiary/aromatic N) is 1. The number of likely N-dealkylation sites (N-methyl/N-ethyl adjacent to an activating group) is 1. The van der Waals surface area contributed by atoms with E-state index in [1.54, 1.807) is 12.0 Å². The van der Waals surface area contributed by atoms with Gasteiger partial charge in [0.2, 0.25) is 5.91 Å². The Bertz CT molecular complexity index is 494. The predicted octanol–water partition coefficient (Wildman–Crippen LogP) is 2.30. The zero-order valence-corrected chi connectivity index (χ0v) is 13.0. The number of benzene rings is 1. The van der Waals surface area contributed by atoms with Crippen molar-refractivity contribution in [2.24, 2.45) is 0 Å². The summed E-state index contributed by atoms with van der Waals surface area (Å²) in [5.41, 5.74) is 0.169. The normalized spacial score (nSPS) is 11.0. The van der Waals surface area contributed by atoms with E-state index in [1.807, 2.05) is 45.0 Å². The molecule has 0 aliphatic heterocycles. The van der Waals surface area contributed by atoms with Gasteiger partial charge in [-0.1, -0.05) is 12.1 Å². The number of amides is 1. The van der Waals surface area contributed by atoms with E-state index in [4.69, 9.17) is 9.84 Å². The van der Waals surface area contributed by atoms with E-state index in [2.05, 4.69) is 0 Å². The summed E-state index contributed by atoms with van der Waals surface area (Å²) in [7, 11) is 1.59. The van der Waals surface area contributed by atoms with Gasteiger partial charge >= 0.3 is 5.97 Å². The summed E-state index contributed by atoms with van der Waals surface area (Å²) in [6.07, 6.45) is -0.0434. The van der Waals surface area contributed by atoms with E-state index < -0.39 is 11.4 Å². The van der Waals surface area contributed by atoms with Crippen molar-refractivity contribution in [2.45, 2.75) is 32.6 Å². The third-order valence-corrected chi connectivity index (χ3v) is 3.61. The van der Waals surface area contributed by atoms with Crippen molar-refractivity contribution in [2.75, 3.05) is 20.2 Å². The molecule has 1 rings (SSSR count). The molecule has 116 valence electrons. The van der Waals surface area contributed by atoms with Crippen LogP contribution in [0.5, 0.6) is 5.75 Å². The van der Waals surface area contributed by atoms with Gasteiger partial charge in [-0.2, -0.15) is 0 Å². The van der Waals surface area contributed by atoms with Crippen LogP contribution in [0.1, 0.15) is 32.8 Å². The van der Waals surface area contributed by atoms with Gasteiger partial charge in [-0.15, -0.1) is 0 Å². The fourth-order valence-electron chi connectivity index (χ4n) is 2.16. The summed E-state index contributed by atoms with van der Waals surface area (Å²) >= 11 is 0. The average molecular weight is 293 g/mol. The van der Waals surface area contributed by atoms with Crippen LogP contribution in [0, 0.1) is 0 Å². The predicted molar refractivity (Wildman–Crippen MR) is 80.5 cm³/mol. The monoisotopic (exact) mass is 293 g/mol. The van der Waals surface area contributed by atoms with Gasteiger partial charge in [-0.25, -0.2) is 0 Å². The highest BCUT2D eigenvalue weighted by molar-refractivity contribution is 5.87. The van der Waals surface area contributed by atoms with Crippen LogP contribution in [0.4, 0.5) is 0 Å². The highest BCUT2D eigenvalue weighted by Gasteiger charge is 2.33. The highest BCUT2D eigenvalue weighted by Crippen LogP contribution is 2.27. The number of hydrogen-bond donors (Lipinski definition) is 1. The highest BCUT2D eigenvalue weighted by atomic mass is 16.5. The first kappa shape index (κ1) is 17.0. The van der Waals surface area contributed by atoms with E-state index in [9.17, 15) is 9.59 Å². The van der Waals surface area contributed by atoms with Crippen molar-refractivity contribution in [3.63, 3.8) is 0 Å². The minimum Gasteiger partial charge on any atom is -0.497 e. The standard InChI is InChI=1S/C16H23NO4/c1-5-17(11-10-14(18)19)15(20)16(2,3)12-6-8-13(21-4)9-7-12/h6-9H,5,10-11H2,1-4H3,(H,18,19). The molecule has 0 saturated heterocycles. The smallest absolute Gasteiger partial charge is 0.305 e. The maximum atomic E-state index is 12.7. The zero-order chi connectivity index (χ0) is 16.0. The lowest BCUT2D eigenvalue weighted by Gasteiger charge is -2.31. The molecule has 0 saturated carbocycles. The minimum atomic E-state index is -0.900. The summed E-state index contributed by atoms with van der Waals surface area (Å²) < 4.78 is 5.12. The molecule has 0 aliphatic carbocycles. The molecule has 0 aromatic heterocycles. The van der Waals surface area contributed by atoms with Gasteiger partial charge in [0.05, 0.1) is 18.9 Å². The van der Waals surface area contributed by atoms with Crippen LogP contribution >= 0.6 is 0 Å². The summed E-state index contributed by atoms with van der Waals surface area (Å²) in [6.45, 7) is 6.26. The molecule has 1 aromatic carbocycles. The number of rotatable bonds is 7.